The molecule has 0 saturated heterocycles. The van der Waals surface area contributed by atoms with Gasteiger partial charge in [-0.05, 0) is 40.8 Å². The Bertz CT molecular complexity index is 764. The number of nitro benzene ring substituents is 1. The van der Waals surface area contributed by atoms with Gasteiger partial charge in [-0.25, -0.2) is 0 Å². The first-order chi connectivity index (χ1) is 11.0. The molecule has 0 aliphatic rings. The molecule has 0 spiro atoms. The van der Waals surface area contributed by atoms with Crippen molar-refractivity contribution in [3.63, 3.8) is 0 Å². The molecule has 0 aromatic heterocycles. The molecule has 0 radical (unpaired) electrons. The van der Waals surface area contributed by atoms with Crippen LogP contribution in [0.5, 0.6) is 11.5 Å². The van der Waals surface area contributed by atoms with Crippen molar-refractivity contribution in [1.82, 2.24) is 0 Å². The Morgan fingerprint density at radius 1 is 1.17 bits per heavy atom. The number of carbonyl (C=O) groups is 1. The number of nitrogens with one attached hydrogen (secondary N) is 1. The summed E-state index contributed by atoms with van der Waals surface area (Å²) in [7, 11) is 2.79. The lowest BCUT2D eigenvalue weighted by molar-refractivity contribution is -0.384. The molecule has 0 saturated carbocycles. The van der Waals surface area contributed by atoms with Crippen LogP contribution in [0, 0.1) is 13.7 Å². The summed E-state index contributed by atoms with van der Waals surface area (Å²) in [6.45, 7) is 0. The maximum Gasteiger partial charge on any atom is 0.296 e. The van der Waals surface area contributed by atoms with Crippen LogP contribution in [-0.2, 0) is 0 Å². The van der Waals surface area contributed by atoms with E-state index in [-0.39, 0.29) is 22.9 Å². The van der Waals surface area contributed by atoms with Crippen molar-refractivity contribution in [2.45, 2.75) is 0 Å². The van der Waals surface area contributed by atoms with E-state index in [1.54, 1.807) is 18.2 Å². The number of methoxy groups -OCH3 is 2. The second-order valence-corrected chi connectivity index (χ2v) is 5.69. The number of nitrogens with zero attached hydrogens (tertiary/aromatic N) is 1. The SMILES string of the molecule is COc1cc(NC(=O)c2cccc(I)c2)c([N+](=O)[O-])cc1OC. The minimum atomic E-state index is -0.591. The number of anilines is 1. The van der Waals surface area contributed by atoms with E-state index in [1.807, 2.05) is 6.07 Å². The predicted octanol–water partition coefficient (Wildman–Crippen LogP) is 3.47. The minimum Gasteiger partial charge on any atom is -0.493 e. The molecule has 7 nitrogen and oxygen atoms in total. The molecular formula is C15H13IN2O5. The molecule has 23 heavy (non-hydrogen) atoms. The van der Waals surface area contributed by atoms with Crippen LogP contribution in [0.3, 0.4) is 0 Å². The molecule has 0 unspecified atom stereocenters. The molecule has 0 aliphatic carbocycles. The molecule has 2 aromatic carbocycles. The first-order valence-corrected chi connectivity index (χ1v) is 7.51. The van der Waals surface area contributed by atoms with E-state index < -0.39 is 10.8 Å². The number of hydrogen-bond acceptors (Lipinski definition) is 5. The van der Waals surface area contributed by atoms with Crippen LogP contribution < -0.4 is 14.8 Å². The van der Waals surface area contributed by atoms with Crippen LogP contribution in [0.1, 0.15) is 10.4 Å². The Kier molecular flexibility index (Phi) is 5.37. The van der Waals surface area contributed by atoms with E-state index in [2.05, 4.69) is 27.9 Å². The number of ether oxygens (including phenoxy) is 2. The summed E-state index contributed by atoms with van der Waals surface area (Å²) >= 11 is 2.08. The van der Waals surface area contributed by atoms with Gasteiger partial charge < -0.3 is 14.8 Å². The average Bonchev–Trinajstić information content (AvgIpc) is 2.54. The number of nitro groups is 1. The number of amides is 1. The molecule has 0 fully saturated rings. The van der Waals surface area contributed by atoms with E-state index >= 15 is 0 Å². The highest BCUT2D eigenvalue weighted by Gasteiger charge is 2.21. The third kappa shape index (κ3) is 3.89. The quantitative estimate of drug-likeness (QED) is 0.448. The van der Waals surface area contributed by atoms with E-state index in [0.29, 0.717) is 5.56 Å². The Morgan fingerprint density at radius 3 is 2.39 bits per heavy atom. The van der Waals surface area contributed by atoms with Gasteiger partial charge in [-0.15, -0.1) is 0 Å². The van der Waals surface area contributed by atoms with Crippen LogP contribution in [0.4, 0.5) is 11.4 Å². The molecule has 2 aromatic rings. The summed E-state index contributed by atoms with van der Waals surface area (Å²) in [5.41, 5.74) is 0.166. The van der Waals surface area contributed by atoms with Gasteiger partial charge in [0.25, 0.3) is 11.6 Å². The van der Waals surface area contributed by atoms with Crippen LogP contribution in [0.2, 0.25) is 0 Å². The smallest absolute Gasteiger partial charge is 0.296 e. The van der Waals surface area contributed by atoms with Crippen molar-refractivity contribution in [1.29, 1.82) is 0 Å². The highest BCUT2D eigenvalue weighted by Crippen LogP contribution is 2.37. The average molecular weight is 428 g/mol. The van der Waals surface area contributed by atoms with E-state index in [4.69, 9.17) is 9.47 Å². The minimum absolute atomic E-state index is 0.0384. The zero-order valence-electron chi connectivity index (χ0n) is 12.3. The zero-order chi connectivity index (χ0) is 17.0. The summed E-state index contributed by atoms with van der Waals surface area (Å²) < 4.78 is 11.0. The second kappa shape index (κ2) is 7.27. The molecule has 2 rings (SSSR count). The lowest BCUT2D eigenvalue weighted by atomic mass is 10.2. The third-order valence-electron chi connectivity index (χ3n) is 3.03. The lowest BCUT2D eigenvalue weighted by Crippen LogP contribution is -2.13. The van der Waals surface area contributed by atoms with Gasteiger partial charge in [0, 0.05) is 15.2 Å². The normalized spacial score (nSPS) is 10.0. The van der Waals surface area contributed by atoms with Crippen molar-refractivity contribution in [2.24, 2.45) is 0 Å². The van der Waals surface area contributed by atoms with Gasteiger partial charge in [0.1, 0.15) is 5.69 Å². The molecular weight excluding hydrogens is 415 g/mol. The summed E-state index contributed by atoms with van der Waals surface area (Å²) in [6, 6.07) is 9.47. The molecule has 0 heterocycles. The number of hydrogen-bond donors (Lipinski definition) is 1. The highest BCUT2D eigenvalue weighted by molar-refractivity contribution is 14.1. The fourth-order valence-corrected chi connectivity index (χ4v) is 2.49. The van der Waals surface area contributed by atoms with Crippen molar-refractivity contribution in [2.75, 3.05) is 19.5 Å². The van der Waals surface area contributed by atoms with E-state index in [0.717, 1.165) is 3.57 Å². The first kappa shape index (κ1) is 17.0. The third-order valence-corrected chi connectivity index (χ3v) is 3.70. The molecule has 1 N–H and O–H groups in total. The standard InChI is InChI=1S/C15H13IN2O5/c1-22-13-7-11(12(18(20)21)8-14(13)23-2)17-15(19)9-4-3-5-10(16)6-9/h3-8H,1-2H3,(H,17,19). The largest absolute Gasteiger partial charge is 0.493 e. The molecule has 1 amide bonds. The van der Waals surface area contributed by atoms with Gasteiger partial charge in [-0.2, -0.15) is 0 Å². The van der Waals surface area contributed by atoms with Crippen LogP contribution in [0.25, 0.3) is 0 Å². The number of benzene rings is 2. The Morgan fingerprint density at radius 2 is 1.83 bits per heavy atom. The van der Waals surface area contributed by atoms with Crippen molar-refractivity contribution in [3.05, 3.63) is 55.6 Å². The monoisotopic (exact) mass is 428 g/mol. The Labute approximate surface area is 145 Å². The van der Waals surface area contributed by atoms with Crippen molar-refractivity contribution < 1.29 is 19.2 Å². The maximum absolute atomic E-state index is 12.3. The Balaban J connectivity index is 2.41. The van der Waals surface area contributed by atoms with Gasteiger partial charge >= 0.3 is 0 Å². The first-order valence-electron chi connectivity index (χ1n) is 6.43. The van der Waals surface area contributed by atoms with Crippen molar-refractivity contribution >= 4 is 39.9 Å². The summed E-state index contributed by atoms with van der Waals surface area (Å²) in [4.78, 5) is 22.9. The molecule has 120 valence electrons. The molecule has 0 bridgehead atoms. The Hall–Kier alpha value is -2.36. The van der Waals surface area contributed by atoms with Gasteiger partial charge in [-0.3, -0.25) is 14.9 Å². The van der Waals surface area contributed by atoms with E-state index in [9.17, 15) is 14.9 Å². The predicted molar refractivity (Wildman–Crippen MR) is 93.3 cm³/mol. The zero-order valence-corrected chi connectivity index (χ0v) is 14.5. The number of rotatable bonds is 5. The maximum atomic E-state index is 12.3. The second-order valence-electron chi connectivity index (χ2n) is 4.45. The molecule has 8 heteroatoms. The van der Waals surface area contributed by atoms with Crippen LogP contribution in [-0.4, -0.2) is 25.1 Å². The fourth-order valence-electron chi connectivity index (χ4n) is 1.94. The highest BCUT2D eigenvalue weighted by atomic mass is 127. The van der Waals surface area contributed by atoms with Gasteiger partial charge in [-0.1, -0.05) is 6.07 Å². The van der Waals surface area contributed by atoms with Gasteiger partial charge in [0.15, 0.2) is 11.5 Å². The van der Waals surface area contributed by atoms with E-state index in [1.165, 1.54) is 26.4 Å². The van der Waals surface area contributed by atoms with Gasteiger partial charge in [0.05, 0.1) is 25.2 Å². The van der Waals surface area contributed by atoms with Gasteiger partial charge in [0.2, 0.25) is 0 Å². The van der Waals surface area contributed by atoms with Crippen LogP contribution >= 0.6 is 22.6 Å². The van der Waals surface area contributed by atoms with Crippen molar-refractivity contribution in [3.8, 4) is 11.5 Å². The lowest BCUT2D eigenvalue weighted by Gasteiger charge is -2.11. The molecule has 0 atom stereocenters. The summed E-state index contributed by atoms with van der Waals surface area (Å²) in [6.07, 6.45) is 0. The summed E-state index contributed by atoms with van der Waals surface area (Å²) in [5.74, 6) is 0.0568. The summed E-state index contributed by atoms with van der Waals surface area (Å²) in [5, 5.41) is 13.8. The number of halogens is 1. The number of carbonyl (C=O) groups excluding carboxylic acids is 1. The van der Waals surface area contributed by atoms with Crippen LogP contribution in [0.15, 0.2) is 36.4 Å². The molecule has 0 aliphatic heterocycles. The fraction of sp³-hybridized carbons (Fsp3) is 0.133. The topological polar surface area (TPSA) is 90.7 Å².